The Labute approximate surface area is 164 Å². The number of carbonyl (C=O) groups excluding carboxylic acids is 2. The molecule has 28 heavy (non-hydrogen) atoms. The van der Waals surface area contributed by atoms with Gasteiger partial charge in [0.05, 0.1) is 12.6 Å². The molecule has 148 valence electrons. The highest BCUT2D eigenvalue weighted by Crippen LogP contribution is 2.30. The lowest BCUT2D eigenvalue weighted by Crippen LogP contribution is -2.52. The SMILES string of the molecule is CCNC(=O)Nc1ccc(C2OCC(=O)N(Cc3ccccc3)C2CO)cc1. The van der Waals surface area contributed by atoms with Crippen LogP contribution < -0.4 is 10.6 Å². The van der Waals surface area contributed by atoms with E-state index >= 15 is 0 Å². The first-order valence-electron chi connectivity index (χ1n) is 9.33. The minimum atomic E-state index is -0.483. The number of amides is 3. The number of urea groups is 1. The molecule has 3 N–H and O–H groups in total. The Morgan fingerprint density at radius 1 is 1.18 bits per heavy atom. The number of carbonyl (C=O) groups is 2. The molecule has 1 fully saturated rings. The van der Waals surface area contributed by atoms with E-state index in [1.54, 1.807) is 17.0 Å². The van der Waals surface area contributed by atoms with Crippen LogP contribution in [0, 0.1) is 0 Å². The number of benzene rings is 2. The van der Waals surface area contributed by atoms with E-state index in [0.717, 1.165) is 11.1 Å². The molecule has 2 atom stereocenters. The molecule has 2 aromatic rings. The number of nitrogens with one attached hydrogen (secondary N) is 2. The van der Waals surface area contributed by atoms with Crippen LogP contribution >= 0.6 is 0 Å². The second kappa shape index (κ2) is 9.34. The fourth-order valence-corrected chi connectivity index (χ4v) is 3.29. The normalized spacial score (nSPS) is 19.4. The summed E-state index contributed by atoms with van der Waals surface area (Å²) in [7, 11) is 0. The smallest absolute Gasteiger partial charge is 0.319 e. The summed E-state index contributed by atoms with van der Waals surface area (Å²) in [4.78, 5) is 25.7. The minimum absolute atomic E-state index is 0.0348. The first-order chi connectivity index (χ1) is 13.6. The van der Waals surface area contributed by atoms with Gasteiger partial charge in [0.2, 0.25) is 5.91 Å². The largest absolute Gasteiger partial charge is 0.394 e. The predicted octanol–water partition coefficient (Wildman–Crippen LogP) is 2.29. The fraction of sp³-hybridized carbons (Fsp3) is 0.333. The molecule has 1 aliphatic heterocycles. The van der Waals surface area contributed by atoms with Crippen molar-refractivity contribution >= 4 is 17.6 Å². The maximum Gasteiger partial charge on any atom is 0.319 e. The number of rotatable bonds is 6. The molecular weight excluding hydrogens is 358 g/mol. The maximum absolute atomic E-state index is 12.4. The zero-order valence-corrected chi connectivity index (χ0v) is 15.8. The van der Waals surface area contributed by atoms with Crippen LogP contribution in [0.2, 0.25) is 0 Å². The number of aliphatic hydroxyl groups excluding tert-OH is 1. The lowest BCUT2D eigenvalue weighted by molar-refractivity contribution is -0.162. The van der Waals surface area contributed by atoms with Crippen molar-refractivity contribution < 1.29 is 19.4 Å². The third-order valence-corrected chi connectivity index (χ3v) is 4.67. The molecule has 1 saturated heterocycles. The zero-order valence-electron chi connectivity index (χ0n) is 15.8. The summed E-state index contributed by atoms with van der Waals surface area (Å²) in [5.74, 6) is -0.145. The average molecular weight is 383 g/mol. The number of hydrogen-bond donors (Lipinski definition) is 3. The number of hydrogen-bond acceptors (Lipinski definition) is 4. The lowest BCUT2D eigenvalue weighted by atomic mass is 9.98. The molecule has 0 spiro atoms. The third kappa shape index (κ3) is 4.68. The Hall–Kier alpha value is -2.90. The Balaban J connectivity index is 1.75. The Kier molecular flexibility index (Phi) is 6.62. The van der Waals surface area contributed by atoms with Crippen LogP contribution in [-0.4, -0.2) is 47.7 Å². The van der Waals surface area contributed by atoms with Crippen LogP contribution in [0.1, 0.15) is 24.2 Å². The molecule has 0 aromatic heterocycles. The quantitative estimate of drug-likeness (QED) is 0.714. The fourth-order valence-electron chi connectivity index (χ4n) is 3.29. The van der Waals surface area contributed by atoms with E-state index in [2.05, 4.69) is 10.6 Å². The summed E-state index contributed by atoms with van der Waals surface area (Å²) in [5, 5.41) is 15.4. The second-order valence-electron chi connectivity index (χ2n) is 6.60. The molecule has 3 rings (SSSR count). The van der Waals surface area contributed by atoms with E-state index in [1.165, 1.54) is 0 Å². The van der Waals surface area contributed by atoms with Crippen LogP contribution in [0.15, 0.2) is 54.6 Å². The lowest BCUT2D eigenvalue weighted by Gasteiger charge is -2.40. The molecule has 1 heterocycles. The van der Waals surface area contributed by atoms with E-state index in [4.69, 9.17) is 4.74 Å². The van der Waals surface area contributed by atoms with Crippen molar-refractivity contribution in [3.8, 4) is 0 Å². The van der Waals surface area contributed by atoms with Gasteiger partial charge in [-0.05, 0) is 30.2 Å². The van der Waals surface area contributed by atoms with Crippen molar-refractivity contribution in [1.29, 1.82) is 0 Å². The monoisotopic (exact) mass is 383 g/mol. The Morgan fingerprint density at radius 3 is 2.54 bits per heavy atom. The van der Waals surface area contributed by atoms with Gasteiger partial charge in [-0.3, -0.25) is 4.79 Å². The van der Waals surface area contributed by atoms with Gasteiger partial charge < -0.3 is 25.4 Å². The van der Waals surface area contributed by atoms with Gasteiger partial charge >= 0.3 is 6.03 Å². The van der Waals surface area contributed by atoms with E-state index in [0.29, 0.717) is 18.8 Å². The number of morpholine rings is 1. The summed E-state index contributed by atoms with van der Waals surface area (Å²) in [6.45, 7) is 2.57. The summed E-state index contributed by atoms with van der Waals surface area (Å²) in [6, 6.07) is 16.2. The molecule has 1 aliphatic rings. The van der Waals surface area contributed by atoms with Gasteiger partial charge in [-0.25, -0.2) is 4.79 Å². The van der Waals surface area contributed by atoms with Gasteiger partial charge in [0.1, 0.15) is 12.7 Å². The molecule has 2 unspecified atom stereocenters. The van der Waals surface area contributed by atoms with Crippen molar-refractivity contribution in [2.24, 2.45) is 0 Å². The molecule has 7 heteroatoms. The van der Waals surface area contributed by atoms with Gasteiger partial charge in [0.25, 0.3) is 0 Å². The van der Waals surface area contributed by atoms with Crippen molar-refractivity contribution in [3.05, 3.63) is 65.7 Å². The van der Waals surface area contributed by atoms with Gasteiger partial charge in [-0.1, -0.05) is 42.5 Å². The number of anilines is 1. The van der Waals surface area contributed by atoms with Gasteiger partial charge in [-0.2, -0.15) is 0 Å². The number of ether oxygens (including phenoxy) is 1. The summed E-state index contributed by atoms with van der Waals surface area (Å²) >= 11 is 0. The van der Waals surface area contributed by atoms with Crippen LogP contribution in [-0.2, 0) is 16.1 Å². The summed E-state index contributed by atoms with van der Waals surface area (Å²) in [6.07, 6.45) is -0.440. The van der Waals surface area contributed by atoms with Gasteiger partial charge in [-0.15, -0.1) is 0 Å². The highest BCUT2D eigenvalue weighted by molar-refractivity contribution is 5.89. The Morgan fingerprint density at radius 2 is 1.89 bits per heavy atom. The molecule has 0 radical (unpaired) electrons. The van der Waals surface area contributed by atoms with E-state index in [1.807, 2.05) is 49.4 Å². The maximum atomic E-state index is 12.4. The number of aliphatic hydroxyl groups is 1. The molecule has 2 aromatic carbocycles. The van der Waals surface area contributed by atoms with Crippen LogP contribution in [0.3, 0.4) is 0 Å². The molecule has 0 bridgehead atoms. The molecule has 3 amide bonds. The van der Waals surface area contributed by atoms with Crippen LogP contribution in [0.25, 0.3) is 0 Å². The molecule has 0 aliphatic carbocycles. The van der Waals surface area contributed by atoms with Gasteiger partial charge in [0, 0.05) is 18.8 Å². The molecular formula is C21H25N3O4. The standard InChI is InChI=1S/C21H25N3O4/c1-2-22-21(27)23-17-10-8-16(9-11-17)20-18(13-25)24(19(26)14-28-20)12-15-6-4-3-5-7-15/h3-11,18,20,25H,2,12-14H2,1H3,(H2,22,23,27). The topological polar surface area (TPSA) is 90.9 Å². The number of nitrogens with zero attached hydrogens (tertiary/aromatic N) is 1. The second-order valence-corrected chi connectivity index (χ2v) is 6.60. The van der Waals surface area contributed by atoms with Crippen molar-refractivity contribution in [3.63, 3.8) is 0 Å². The first-order valence-corrected chi connectivity index (χ1v) is 9.33. The highest BCUT2D eigenvalue weighted by atomic mass is 16.5. The molecule has 0 saturated carbocycles. The van der Waals surface area contributed by atoms with Crippen LogP contribution in [0.4, 0.5) is 10.5 Å². The van der Waals surface area contributed by atoms with E-state index in [-0.39, 0.29) is 25.2 Å². The minimum Gasteiger partial charge on any atom is -0.394 e. The van der Waals surface area contributed by atoms with E-state index in [9.17, 15) is 14.7 Å². The Bertz CT molecular complexity index is 795. The highest BCUT2D eigenvalue weighted by Gasteiger charge is 2.37. The van der Waals surface area contributed by atoms with E-state index < -0.39 is 12.1 Å². The molecule has 7 nitrogen and oxygen atoms in total. The third-order valence-electron chi connectivity index (χ3n) is 4.67. The summed E-state index contributed by atoms with van der Waals surface area (Å²) < 4.78 is 5.76. The van der Waals surface area contributed by atoms with Crippen LogP contribution in [0.5, 0.6) is 0 Å². The zero-order chi connectivity index (χ0) is 19.9. The van der Waals surface area contributed by atoms with Crippen molar-refractivity contribution in [1.82, 2.24) is 10.2 Å². The van der Waals surface area contributed by atoms with Crippen molar-refractivity contribution in [2.45, 2.75) is 25.6 Å². The van der Waals surface area contributed by atoms with Crippen molar-refractivity contribution in [2.75, 3.05) is 25.1 Å². The predicted molar refractivity (Wildman–Crippen MR) is 106 cm³/mol. The average Bonchev–Trinajstić information content (AvgIpc) is 2.71. The van der Waals surface area contributed by atoms with Gasteiger partial charge in [0.15, 0.2) is 0 Å². The summed E-state index contributed by atoms with van der Waals surface area (Å²) in [5.41, 5.74) is 2.49. The first kappa shape index (κ1) is 19.9.